The maximum atomic E-state index is 12.3. The van der Waals surface area contributed by atoms with E-state index in [1.54, 1.807) is 0 Å². The molecular weight excluding hydrogens is 683 g/mol. The van der Waals surface area contributed by atoms with E-state index in [2.05, 4.69) is 38.2 Å². The van der Waals surface area contributed by atoms with Crippen molar-refractivity contribution in [2.75, 3.05) is 26.4 Å². The Morgan fingerprint density at radius 3 is 1.19 bits per heavy atom. The normalized spacial score (nSPS) is 14.2. The van der Waals surface area contributed by atoms with Crippen molar-refractivity contribution in [3.8, 4) is 0 Å². The van der Waals surface area contributed by atoms with Gasteiger partial charge in [-0.25, -0.2) is 4.57 Å². The third kappa shape index (κ3) is 35.5. The topological polar surface area (TPSA) is 149 Å². The number of aliphatic hydroxyl groups is 2. The molecule has 0 aliphatic carbocycles. The number of rotatable bonds is 39. The van der Waals surface area contributed by atoms with Crippen molar-refractivity contribution in [1.82, 2.24) is 0 Å². The average molecular weight is 761 g/mol. The van der Waals surface area contributed by atoms with Crippen molar-refractivity contribution in [2.24, 2.45) is 0 Å². The van der Waals surface area contributed by atoms with Crippen molar-refractivity contribution in [3.05, 3.63) is 24.3 Å². The minimum atomic E-state index is -4.62. The van der Waals surface area contributed by atoms with E-state index >= 15 is 0 Å². The molecule has 0 saturated carbocycles. The summed E-state index contributed by atoms with van der Waals surface area (Å²) in [5.41, 5.74) is 0. The van der Waals surface area contributed by atoms with Gasteiger partial charge in [0.05, 0.1) is 26.4 Å². The van der Waals surface area contributed by atoms with Crippen molar-refractivity contribution in [3.63, 3.8) is 0 Å². The van der Waals surface area contributed by atoms with Gasteiger partial charge in [-0.2, -0.15) is 0 Å². The van der Waals surface area contributed by atoms with Crippen LogP contribution in [-0.2, 0) is 32.7 Å². The fraction of sp³-hybridized carbons (Fsp3) is 0.854. The standard InChI is InChI=1S/C41H77O10P/c1-3-5-7-9-11-12-13-14-15-16-17-18-19-20-21-22-23-24-25-26-27-29-31-33-41(45)51-39(35-43)37-49-52(46,47)48-36-38(34-42)50-40(44)32-30-28-10-8-6-4-2/h13-14,16-17,38-39,42-43H,3-12,15,18-37H2,1-2H3,(H,46,47)/b14-13-,17-16-. The van der Waals surface area contributed by atoms with Gasteiger partial charge in [0.25, 0.3) is 0 Å². The summed E-state index contributed by atoms with van der Waals surface area (Å²) in [6.07, 6.45) is 36.3. The Hall–Kier alpha value is -1.55. The zero-order valence-corrected chi connectivity index (χ0v) is 33.9. The molecule has 3 atom stereocenters. The maximum absolute atomic E-state index is 12.3. The molecule has 0 saturated heterocycles. The van der Waals surface area contributed by atoms with E-state index in [1.165, 1.54) is 89.9 Å². The zero-order chi connectivity index (χ0) is 38.4. The van der Waals surface area contributed by atoms with Gasteiger partial charge in [-0.05, 0) is 44.9 Å². The molecule has 11 heteroatoms. The number of carbonyl (C=O) groups excluding carboxylic acids is 2. The second-order valence-corrected chi connectivity index (χ2v) is 15.4. The Balaban J connectivity index is 3.81. The van der Waals surface area contributed by atoms with E-state index in [0.717, 1.165) is 57.8 Å². The van der Waals surface area contributed by atoms with Gasteiger partial charge in [0.15, 0.2) is 0 Å². The molecule has 3 N–H and O–H groups in total. The zero-order valence-electron chi connectivity index (χ0n) is 33.0. The quantitative estimate of drug-likeness (QED) is 0.0239. The van der Waals surface area contributed by atoms with Crippen molar-refractivity contribution < 1.29 is 47.8 Å². The molecule has 0 aromatic carbocycles. The van der Waals surface area contributed by atoms with Crippen LogP contribution in [-0.4, -0.2) is 65.7 Å². The summed E-state index contributed by atoms with van der Waals surface area (Å²) in [6.45, 7) is 2.11. The van der Waals surface area contributed by atoms with Crippen LogP contribution in [0.15, 0.2) is 24.3 Å². The number of phosphoric acid groups is 1. The van der Waals surface area contributed by atoms with Gasteiger partial charge in [0, 0.05) is 12.8 Å². The summed E-state index contributed by atoms with van der Waals surface area (Å²) in [6, 6.07) is 0. The lowest BCUT2D eigenvalue weighted by atomic mass is 10.0. The van der Waals surface area contributed by atoms with Gasteiger partial charge >= 0.3 is 19.8 Å². The monoisotopic (exact) mass is 761 g/mol. The minimum Gasteiger partial charge on any atom is -0.457 e. The van der Waals surface area contributed by atoms with E-state index < -0.39 is 58.4 Å². The predicted molar refractivity (Wildman–Crippen MR) is 210 cm³/mol. The molecule has 0 bridgehead atoms. The van der Waals surface area contributed by atoms with Crippen molar-refractivity contribution in [2.45, 2.75) is 199 Å². The van der Waals surface area contributed by atoms with Crippen LogP contribution in [0.5, 0.6) is 0 Å². The second kappa shape index (κ2) is 37.8. The lowest BCUT2D eigenvalue weighted by Crippen LogP contribution is -2.28. The number of hydrogen-bond acceptors (Lipinski definition) is 9. The molecule has 0 heterocycles. The Morgan fingerprint density at radius 2 is 0.846 bits per heavy atom. The summed E-state index contributed by atoms with van der Waals surface area (Å²) in [5.74, 6) is -1.03. The summed E-state index contributed by atoms with van der Waals surface area (Å²) in [7, 11) is -4.62. The predicted octanol–water partition coefficient (Wildman–Crippen LogP) is 10.6. The van der Waals surface area contributed by atoms with Crippen LogP contribution < -0.4 is 0 Å². The molecule has 0 fully saturated rings. The van der Waals surface area contributed by atoms with Crippen LogP contribution >= 0.6 is 7.82 Å². The molecule has 0 amide bonds. The Kier molecular flexibility index (Phi) is 36.6. The SMILES string of the molecule is CCCCCCC/C=C\C/C=C\CCCCCCCCCCCCCC(=O)OC(CO)COP(=O)(O)OCC(CO)OC(=O)CCCCCCCC. The van der Waals surface area contributed by atoms with E-state index in [0.29, 0.717) is 12.8 Å². The molecule has 3 unspecified atom stereocenters. The van der Waals surface area contributed by atoms with Gasteiger partial charge < -0.3 is 24.6 Å². The number of esters is 2. The molecular formula is C41H77O10P. The Morgan fingerprint density at radius 1 is 0.519 bits per heavy atom. The molecule has 0 spiro atoms. The highest BCUT2D eigenvalue weighted by atomic mass is 31.2. The molecule has 0 aromatic heterocycles. The first-order valence-corrected chi connectivity index (χ1v) is 22.3. The Labute approximate surface area is 317 Å². The van der Waals surface area contributed by atoms with Crippen molar-refractivity contribution in [1.29, 1.82) is 0 Å². The lowest BCUT2D eigenvalue weighted by molar-refractivity contribution is -0.153. The molecule has 0 aliphatic heterocycles. The number of phosphoric ester groups is 1. The van der Waals surface area contributed by atoms with Gasteiger partial charge in [-0.3, -0.25) is 18.6 Å². The van der Waals surface area contributed by atoms with E-state index in [-0.39, 0.29) is 12.8 Å². The first-order chi connectivity index (χ1) is 25.3. The molecule has 10 nitrogen and oxygen atoms in total. The number of unbranched alkanes of at least 4 members (excludes halogenated alkanes) is 21. The highest BCUT2D eigenvalue weighted by Crippen LogP contribution is 2.43. The molecule has 52 heavy (non-hydrogen) atoms. The third-order valence-corrected chi connectivity index (χ3v) is 9.87. The lowest BCUT2D eigenvalue weighted by Gasteiger charge is -2.20. The highest BCUT2D eigenvalue weighted by Gasteiger charge is 2.27. The second-order valence-electron chi connectivity index (χ2n) is 14.0. The summed E-state index contributed by atoms with van der Waals surface area (Å²) in [4.78, 5) is 34.2. The molecule has 306 valence electrons. The van der Waals surface area contributed by atoms with E-state index in [1.807, 2.05) is 0 Å². The first kappa shape index (κ1) is 50.5. The Bertz CT molecular complexity index is 925. The number of carbonyl (C=O) groups is 2. The minimum absolute atomic E-state index is 0.191. The van der Waals surface area contributed by atoms with Crippen LogP contribution in [0.2, 0.25) is 0 Å². The maximum Gasteiger partial charge on any atom is 0.472 e. The van der Waals surface area contributed by atoms with Gasteiger partial charge in [-0.1, -0.05) is 154 Å². The van der Waals surface area contributed by atoms with Crippen LogP contribution in [0.25, 0.3) is 0 Å². The van der Waals surface area contributed by atoms with Crippen LogP contribution in [0.1, 0.15) is 187 Å². The number of aliphatic hydroxyl groups excluding tert-OH is 2. The fourth-order valence-electron chi connectivity index (χ4n) is 5.67. The van der Waals surface area contributed by atoms with Gasteiger partial charge in [0.2, 0.25) is 0 Å². The molecule has 0 aliphatic rings. The first-order valence-electron chi connectivity index (χ1n) is 20.8. The van der Waals surface area contributed by atoms with Crippen LogP contribution in [0.4, 0.5) is 0 Å². The summed E-state index contributed by atoms with van der Waals surface area (Å²) < 4.78 is 32.3. The number of ether oxygens (including phenoxy) is 2. The van der Waals surface area contributed by atoms with E-state index in [4.69, 9.17) is 18.5 Å². The molecule has 0 aromatic rings. The largest absolute Gasteiger partial charge is 0.472 e. The van der Waals surface area contributed by atoms with Gasteiger partial charge in [-0.15, -0.1) is 0 Å². The number of allylic oxidation sites excluding steroid dienone is 4. The summed E-state index contributed by atoms with van der Waals surface area (Å²) in [5, 5.41) is 19.0. The molecule has 0 rings (SSSR count). The fourth-order valence-corrected chi connectivity index (χ4v) is 6.46. The number of hydrogen-bond donors (Lipinski definition) is 3. The van der Waals surface area contributed by atoms with Gasteiger partial charge in [0.1, 0.15) is 12.2 Å². The van der Waals surface area contributed by atoms with Crippen LogP contribution in [0, 0.1) is 0 Å². The van der Waals surface area contributed by atoms with Crippen molar-refractivity contribution >= 4 is 19.8 Å². The summed E-state index contributed by atoms with van der Waals surface area (Å²) >= 11 is 0. The highest BCUT2D eigenvalue weighted by molar-refractivity contribution is 7.47. The van der Waals surface area contributed by atoms with Crippen LogP contribution in [0.3, 0.4) is 0 Å². The smallest absolute Gasteiger partial charge is 0.457 e. The van der Waals surface area contributed by atoms with E-state index in [9.17, 15) is 29.3 Å². The molecule has 0 radical (unpaired) electrons. The third-order valence-electron chi connectivity index (χ3n) is 8.92. The average Bonchev–Trinajstić information content (AvgIpc) is 3.13.